The lowest BCUT2D eigenvalue weighted by Gasteiger charge is -2.46. The fourth-order valence-corrected chi connectivity index (χ4v) is 4.44. The predicted molar refractivity (Wildman–Crippen MR) is 103 cm³/mol. The highest BCUT2D eigenvalue weighted by atomic mass is 16.1. The Labute approximate surface area is 153 Å². The van der Waals surface area contributed by atoms with Crippen LogP contribution in [0.3, 0.4) is 0 Å². The van der Waals surface area contributed by atoms with Gasteiger partial charge in [-0.05, 0) is 43.4 Å². The molecule has 2 aliphatic heterocycles. The summed E-state index contributed by atoms with van der Waals surface area (Å²) in [6, 6.07) is 5.98. The summed E-state index contributed by atoms with van der Waals surface area (Å²) < 4.78 is 0. The Hall–Kier alpha value is -2.57. The molecule has 1 aliphatic carbocycles. The molecule has 1 aromatic rings. The molecule has 7 nitrogen and oxygen atoms in total. The van der Waals surface area contributed by atoms with Crippen molar-refractivity contribution in [3.05, 3.63) is 29.3 Å². The molecule has 1 spiro atoms. The number of benzene rings is 1. The molecule has 1 aromatic carbocycles. The number of amides is 1. The Morgan fingerprint density at radius 3 is 2.62 bits per heavy atom. The molecule has 26 heavy (non-hydrogen) atoms. The number of nitrogens with two attached hydrogens (primary N) is 2. The van der Waals surface area contributed by atoms with E-state index in [4.69, 9.17) is 16.5 Å². The molecule has 1 saturated carbocycles. The van der Waals surface area contributed by atoms with Crippen LogP contribution in [0.4, 0.5) is 5.69 Å². The number of hydrogen-bond acceptors (Lipinski definition) is 6. The second-order valence-electron chi connectivity index (χ2n) is 8.11. The Morgan fingerprint density at radius 1 is 1.15 bits per heavy atom. The van der Waals surface area contributed by atoms with Crippen molar-refractivity contribution in [2.45, 2.75) is 57.0 Å². The summed E-state index contributed by atoms with van der Waals surface area (Å²) in [5, 5.41) is 2.98. The first-order valence-corrected chi connectivity index (χ1v) is 9.25. The molecule has 2 heterocycles. The van der Waals surface area contributed by atoms with Gasteiger partial charge in [-0.15, -0.1) is 0 Å². The van der Waals surface area contributed by atoms with Gasteiger partial charge < -0.3 is 16.8 Å². The van der Waals surface area contributed by atoms with Crippen LogP contribution in [0.15, 0.2) is 28.2 Å². The van der Waals surface area contributed by atoms with Gasteiger partial charge in [0.1, 0.15) is 5.66 Å². The van der Waals surface area contributed by atoms with Gasteiger partial charge >= 0.3 is 0 Å². The van der Waals surface area contributed by atoms with E-state index in [0.717, 1.165) is 36.9 Å². The van der Waals surface area contributed by atoms with Crippen LogP contribution < -0.4 is 21.7 Å². The monoisotopic (exact) mass is 354 g/mol. The molecular weight excluding hydrogens is 328 g/mol. The molecule has 0 radical (unpaired) electrons. The maximum absolute atomic E-state index is 12.5. The fourth-order valence-electron chi connectivity index (χ4n) is 4.44. The molecule has 1 amide bonds. The van der Waals surface area contributed by atoms with Crippen LogP contribution in [0.5, 0.6) is 0 Å². The third kappa shape index (κ3) is 2.53. The van der Waals surface area contributed by atoms with Crippen molar-refractivity contribution >= 4 is 23.5 Å². The summed E-state index contributed by atoms with van der Waals surface area (Å²) in [7, 11) is 0. The molecule has 7 heteroatoms. The molecule has 0 bridgehead atoms. The molecule has 3 aliphatic rings. The second kappa shape index (κ2) is 5.72. The standard InChI is InChI=1S/C19H26N6O/c1-18(2)11-22-15(26)13-10-12(6-7-14(13)18)25-17(21)23-16(20)24-19(25)8-4-3-5-9-19/h6-7,10H,3-5,8-9,11H2,1-2H3,(H,22,26)(H4,20,21,23,24). The Kier molecular flexibility index (Phi) is 3.71. The van der Waals surface area contributed by atoms with Crippen molar-refractivity contribution in [1.82, 2.24) is 5.32 Å². The second-order valence-corrected chi connectivity index (χ2v) is 8.11. The number of anilines is 1. The normalized spacial score (nSPS) is 23.8. The van der Waals surface area contributed by atoms with E-state index in [0.29, 0.717) is 18.1 Å². The summed E-state index contributed by atoms with van der Waals surface area (Å²) in [6.45, 7) is 4.90. The van der Waals surface area contributed by atoms with Gasteiger partial charge in [-0.2, -0.15) is 4.99 Å². The summed E-state index contributed by atoms with van der Waals surface area (Å²) in [4.78, 5) is 23.3. The molecule has 0 atom stereocenters. The van der Waals surface area contributed by atoms with Crippen LogP contribution >= 0.6 is 0 Å². The number of nitrogens with one attached hydrogen (secondary N) is 1. The average Bonchev–Trinajstić information content (AvgIpc) is 2.58. The van der Waals surface area contributed by atoms with Crippen molar-refractivity contribution in [2.24, 2.45) is 21.5 Å². The average molecular weight is 354 g/mol. The summed E-state index contributed by atoms with van der Waals surface area (Å²) in [5.74, 6) is 0.529. The van der Waals surface area contributed by atoms with Crippen molar-refractivity contribution < 1.29 is 4.79 Å². The van der Waals surface area contributed by atoms with Gasteiger partial charge in [0, 0.05) is 23.2 Å². The minimum Gasteiger partial charge on any atom is -0.369 e. The molecule has 4 rings (SSSR count). The number of carbonyl (C=O) groups is 1. The van der Waals surface area contributed by atoms with Gasteiger partial charge in [0.2, 0.25) is 11.9 Å². The largest absolute Gasteiger partial charge is 0.369 e. The zero-order chi connectivity index (χ0) is 18.5. The molecule has 0 unspecified atom stereocenters. The van der Waals surface area contributed by atoms with Crippen molar-refractivity contribution in [2.75, 3.05) is 11.4 Å². The lowest BCUT2D eigenvalue weighted by Crippen LogP contribution is -2.58. The zero-order valence-electron chi connectivity index (χ0n) is 15.4. The number of fused-ring (bicyclic) bond motifs is 1. The van der Waals surface area contributed by atoms with Crippen LogP contribution in [0.1, 0.15) is 61.9 Å². The lowest BCUT2D eigenvalue weighted by atomic mass is 9.78. The van der Waals surface area contributed by atoms with Crippen LogP contribution in [0, 0.1) is 0 Å². The first-order valence-electron chi connectivity index (χ1n) is 9.25. The van der Waals surface area contributed by atoms with E-state index in [1.54, 1.807) is 0 Å². The summed E-state index contributed by atoms with van der Waals surface area (Å²) in [6.07, 6.45) is 5.07. The molecule has 0 saturated heterocycles. The molecular formula is C19H26N6O. The zero-order valence-corrected chi connectivity index (χ0v) is 15.4. The van der Waals surface area contributed by atoms with Gasteiger partial charge in [-0.25, -0.2) is 4.99 Å². The van der Waals surface area contributed by atoms with Gasteiger partial charge in [0.05, 0.1) is 0 Å². The molecule has 5 N–H and O–H groups in total. The SMILES string of the molecule is CC1(C)CNC(=O)c2cc(N3C(N)=NC(N)=NC34CCCCC4)ccc21. The van der Waals surface area contributed by atoms with E-state index in [-0.39, 0.29) is 17.3 Å². The molecule has 138 valence electrons. The van der Waals surface area contributed by atoms with Gasteiger partial charge in [0.15, 0.2) is 0 Å². The van der Waals surface area contributed by atoms with Crippen LogP contribution in [0.2, 0.25) is 0 Å². The number of carbonyl (C=O) groups excluding carboxylic acids is 1. The number of guanidine groups is 2. The van der Waals surface area contributed by atoms with Gasteiger partial charge in [-0.1, -0.05) is 26.3 Å². The topological polar surface area (TPSA) is 109 Å². The van der Waals surface area contributed by atoms with Crippen LogP contribution in [-0.4, -0.2) is 30.0 Å². The predicted octanol–water partition coefficient (Wildman–Crippen LogP) is 1.82. The van der Waals surface area contributed by atoms with Crippen LogP contribution in [0.25, 0.3) is 0 Å². The third-order valence-electron chi connectivity index (χ3n) is 5.78. The Balaban J connectivity index is 1.82. The number of nitrogens with zero attached hydrogens (tertiary/aromatic N) is 3. The lowest BCUT2D eigenvalue weighted by molar-refractivity contribution is 0.0930. The fraction of sp³-hybridized carbons (Fsp3) is 0.526. The quantitative estimate of drug-likeness (QED) is 0.714. The van der Waals surface area contributed by atoms with E-state index in [1.807, 2.05) is 23.1 Å². The molecule has 0 aromatic heterocycles. The van der Waals surface area contributed by atoms with Gasteiger partial charge in [0.25, 0.3) is 5.91 Å². The van der Waals surface area contributed by atoms with E-state index in [9.17, 15) is 4.79 Å². The number of aliphatic imine (C=N–C) groups is 2. The van der Waals surface area contributed by atoms with Crippen molar-refractivity contribution in [3.8, 4) is 0 Å². The highest BCUT2D eigenvalue weighted by molar-refractivity contribution is 6.06. The summed E-state index contributed by atoms with van der Waals surface area (Å²) >= 11 is 0. The summed E-state index contributed by atoms with van der Waals surface area (Å²) in [5.41, 5.74) is 14.2. The maximum atomic E-state index is 12.5. The van der Waals surface area contributed by atoms with E-state index in [1.165, 1.54) is 6.42 Å². The molecule has 1 fully saturated rings. The minimum absolute atomic E-state index is 0.0468. The first kappa shape index (κ1) is 16.9. The van der Waals surface area contributed by atoms with Crippen LogP contribution in [-0.2, 0) is 5.41 Å². The number of rotatable bonds is 1. The van der Waals surface area contributed by atoms with Crippen molar-refractivity contribution in [1.29, 1.82) is 0 Å². The maximum Gasteiger partial charge on any atom is 0.251 e. The highest BCUT2D eigenvalue weighted by Gasteiger charge is 2.43. The highest BCUT2D eigenvalue weighted by Crippen LogP contribution is 2.41. The third-order valence-corrected chi connectivity index (χ3v) is 5.78. The van der Waals surface area contributed by atoms with E-state index in [2.05, 4.69) is 24.2 Å². The number of hydrogen-bond donors (Lipinski definition) is 3. The Morgan fingerprint density at radius 2 is 1.88 bits per heavy atom. The van der Waals surface area contributed by atoms with E-state index >= 15 is 0 Å². The minimum atomic E-state index is -0.497. The van der Waals surface area contributed by atoms with E-state index < -0.39 is 5.66 Å². The van der Waals surface area contributed by atoms with Gasteiger partial charge in [-0.3, -0.25) is 9.69 Å². The van der Waals surface area contributed by atoms with Crippen molar-refractivity contribution in [3.63, 3.8) is 0 Å². The smallest absolute Gasteiger partial charge is 0.251 e. The Bertz CT molecular complexity index is 819. The first-order chi connectivity index (χ1) is 12.3.